The molecule has 2 N–H and O–H groups in total. The second kappa shape index (κ2) is 7.97. The number of aliphatic hydroxyl groups excluding tert-OH is 1. The lowest BCUT2D eigenvalue weighted by Crippen LogP contribution is -2.39. The maximum atomic E-state index is 12.1. The van der Waals surface area contributed by atoms with Gasteiger partial charge in [-0.05, 0) is 19.1 Å². The molecule has 1 rings (SSSR count). The van der Waals surface area contributed by atoms with Crippen molar-refractivity contribution in [1.82, 2.24) is 5.32 Å². The lowest BCUT2D eigenvalue weighted by atomic mass is 10.1. The van der Waals surface area contributed by atoms with Gasteiger partial charge in [-0.15, -0.1) is 0 Å². The van der Waals surface area contributed by atoms with Gasteiger partial charge in [0.15, 0.2) is 0 Å². The van der Waals surface area contributed by atoms with E-state index in [1.54, 1.807) is 31.2 Å². The molecule has 0 aromatic heterocycles. The molecule has 106 valence electrons. The summed E-state index contributed by atoms with van der Waals surface area (Å²) in [4.78, 5) is 23.4. The molecule has 5 heteroatoms. The molecule has 1 aromatic carbocycles. The Kier molecular flexibility index (Phi) is 6.27. The quantitative estimate of drug-likeness (QED) is 0.627. The number of carbonyl (C=O) groups excluding carboxylic acids is 2. The van der Waals surface area contributed by atoms with Gasteiger partial charge in [-0.25, -0.2) is 4.79 Å². The second-order valence-corrected chi connectivity index (χ2v) is 4.04. The summed E-state index contributed by atoms with van der Waals surface area (Å²) in [6, 6.07) is 6.09. The van der Waals surface area contributed by atoms with Gasteiger partial charge in [0.2, 0.25) is 0 Å². The van der Waals surface area contributed by atoms with Crippen LogP contribution < -0.4 is 5.32 Å². The minimum absolute atomic E-state index is 0.0270. The zero-order chi connectivity index (χ0) is 15.0. The highest BCUT2D eigenvalue weighted by atomic mass is 16.5. The summed E-state index contributed by atoms with van der Waals surface area (Å²) in [6.45, 7) is 1.52. The molecule has 0 aliphatic heterocycles. The summed E-state index contributed by atoms with van der Waals surface area (Å²) in [6.07, 6.45) is 0.342. The van der Waals surface area contributed by atoms with Gasteiger partial charge in [-0.3, -0.25) is 4.79 Å². The molecule has 0 saturated carbocycles. The molecule has 0 radical (unpaired) electrons. The van der Waals surface area contributed by atoms with E-state index in [2.05, 4.69) is 21.9 Å². The van der Waals surface area contributed by atoms with E-state index in [-0.39, 0.29) is 6.61 Å². The third-order valence-corrected chi connectivity index (χ3v) is 2.53. The highest BCUT2D eigenvalue weighted by Crippen LogP contribution is 2.08. The van der Waals surface area contributed by atoms with Crippen molar-refractivity contribution in [1.29, 1.82) is 0 Å². The van der Waals surface area contributed by atoms with Gasteiger partial charge in [-0.2, -0.15) is 0 Å². The molecular weight excluding hydrogens is 258 g/mol. The summed E-state index contributed by atoms with van der Waals surface area (Å²) in [5.74, 6) is 4.68. The largest absolute Gasteiger partial charge is 0.467 e. The minimum atomic E-state index is -0.731. The highest BCUT2D eigenvalue weighted by Gasteiger charge is 2.18. The number of aliphatic hydroxyl groups is 1. The highest BCUT2D eigenvalue weighted by molar-refractivity contribution is 5.98. The molecule has 0 aliphatic carbocycles. The third-order valence-electron chi connectivity index (χ3n) is 2.53. The molecule has 0 spiro atoms. The summed E-state index contributed by atoms with van der Waals surface area (Å²) in [5.41, 5.74) is 0.934. The van der Waals surface area contributed by atoms with Crippen molar-refractivity contribution in [3.8, 4) is 11.8 Å². The van der Waals surface area contributed by atoms with Crippen LogP contribution in [0.4, 0.5) is 0 Å². The van der Waals surface area contributed by atoms with Crippen molar-refractivity contribution in [3.05, 3.63) is 35.4 Å². The van der Waals surface area contributed by atoms with Crippen molar-refractivity contribution in [2.45, 2.75) is 19.4 Å². The molecule has 0 fully saturated rings. The Balaban J connectivity index is 2.88. The zero-order valence-corrected chi connectivity index (χ0v) is 11.5. The first-order valence-corrected chi connectivity index (χ1v) is 6.17. The number of esters is 1. The second-order valence-electron chi connectivity index (χ2n) is 4.04. The Morgan fingerprint density at radius 3 is 2.75 bits per heavy atom. The van der Waals surface area contributed by atoms with E-state index in [1.807, 2.05) is 0 Å². The third kappa shape index (κ3) is 4.41. The Hall–Kier alpha value is -2.32. The first-order chi connectivity index (χ1) is 9.60. The van der Waals surface area contributed by atoms with E-state index in [0.29, 0.717) is 17.5 Å². The number of hydrogen-bond acceptors (Lipinski definition) is 4. The average Bonchev–Trinajstić information content (AvgIpc) is 2.47. The van der Waals surface area contributed by atoms with Crippen LogP contribution in [0.2, 0.25) is 0 Å². The number of benzene rings is 1. The van der Waals surface area contributed by atoms with Crippen LogP contribution in [0.15, 0.2) is 24.3 Å². The molecule has 5 nitrogen and oxygen atoms in total. The lowest BCUT2D eigenvalue weighted by Gasteiger charge is -2.12. The molecule has 1 unspecified atom stereocenters. The van der Waals surface area contributed by atoms with E-state index < -0.39 is 17.9 Å². The van der Waals surface area contributed by atoms with Crippen LogP contribution in [0.5, 0.6) is 0 Å². The average molecular weight is 275 g/mol. The molecule has 1 aromatic rings. The van der Waals surface area contributed by atoms with Gasteiger partial charge in [0, 0.05) is 12.0 Å². The lowest BCUT2D eigenvalue weighted by molar-refractivity contribution is -0.142. The van der Waals surface area contributed by atoms with Crippen molar-refractivity contribution in [2.75, 3.05) is 13.7 Å². The summed E-state index contributed by atoms with van der Waals surface area (Å²) in [7, 11) is 1.26. The van der Waals surface area contributed by atoms with E-state index >= 15 is 0 Å². The van der Waals surface area contributed by atoms with Crippen LogP contribution in [0.3, 0.4) is 0 Å². The topological polar surface area (TPSA) is 75.6 Å². The first-order valence-electron chi connectivity index (χ1n) is 6.17. The Labute approximate surface area is 117 Å². The maximum Gasteiger partial charge on any atom is 0.328 e. The fourth-order valence-corrected chi connectivity index (χ4v) is 1.51. The molecule has 0 aliphatic rings. The smallest absolute Gasteiger partial charge is 0.328 e. The van der Waals surface area contributed by atoms with Crippen LogP contribution >= 0.6 is 0 Å². The van der Waals surface area contributed by atoms with Crippen LogP contribution in [0.25, 0.3) is 0 Å². The van der Waals surface area contributed by atoms with Crippen LogP contribution in [0.1, 0.15) is 29.3 Å². The molecule has 1 atom stereocenters. The van der Waals surface area contributed by atoms with Crippen LogP contribution in [-0.2, 0) is 9.53 Å². The fraction of sp³-hybridized carbons (Fsp3) is 0.333. The van der Waals surface area contributed by atoms with Crippen molar-refractivity contribution < 1.29 is 19.4 Å². The van der Waals surface area contributed by atoms with E-state index in [9.17, 15) is 9.59 Å². The van der Waals surface area contributed by atoms with Crippen molar-refractivity contribution in [3.63, 3.8) is 0 Å². The molecule has 1 amide bonds. The minimum Gasteiger partial charge on any atom is -0.467 e. The number of nitrogens with one attached hydrogen (secondary N) is 1. The molecular formula is C15H17NO4. The van der Waals surface area contributed by atoms with Gasteiger partial charge in [-0.1, -0.05) is 24.0 Å². The predicted molar refractivity (Wildman–Crippen MR) is 74.0 cm³/mol. The van der Waals surface area contributed by atoms with Gasteiger partial charge in [0.1, 0.15) is 6.04 Å². The Morgan fingerprint density at radius 2 is 2.10 bits per heavy atom. The normalized spacial score (nSPS) is 10.9. The number of hydrogen-bond donors (Lipinski definition) is 2. The van der Waals surface area contributed by atoms with E-state index in [0.717, 1.165) is 0 Å². The van der Waals surface area contributed by atoms with Gasteiger partial charge in [0.05, 0.1) is 19.3 Å². The monoisotopic (exact) mass is 275 g/mol. The van der Waals surface area contributed by atoms with Crippen molar-refractivity contribution in [2.24, 2.45) is 0 Å². The first kappa shape index (κ1) is 15.7. The number of ether oxygens (including phenoxy) is 1. The standard InChI is InChI=1S/C15H17NO4/c1-11(15(19)20-2)16-14(18)13-9-4-3-7-12(13)8-5-6-10-17/h3-4,7,9,11,17H,6,10H2,1-2H3,(H,16,18). The van der Waals surface area contributed by atoms with Gasteiger partial charge < -0.3 is 15.2 Å². The molecule has 0 bridgehead atoms. The predicted octanol–water partition coefficient (Wildman–Crippen LogP) is 0.712. The summed E-state index contributed by atoms with van der Waals surface area (Å²) >= 11 is 0. The van der Waals surface area contributed by atoms with Crippen molar-refractivity contribution >= 4 is 11.9 Å². The SMILES string of the molecule is COC(=O)C(C)NC(=O)c1ccccc1C#CCCO. The number of amides is 1. The Bertz CT molecular complexity index is 542. The number of rotatable bonds is 4. The van der Waals surface area contributed by atoms with Crippen LogP contribution in [0, 0.1) is 11.8 Å². The molecule has 0 saturated heterocycles. The van der Waals surface area contributed by atoms with Crippen LogP contribution in [-0.4, -0.2) is 36.7 Å². The van der Waals surface area contributed by atoms with E-state index in [4.69, 9.17) is 5.11 Å². The van der Waals surface area contributed by atoms with Gasteiger partial charge >= 0.3 is 5.97 Å². The Morgan fingerprint density at radius 1 is 1.40 bits per heavy atom. The number of methoxy groups -OCH3 is 1. The molecule has 20 heavy (non-hydrogen) atoms. The summed E-state index contributed by atoms with van der Waals surface area (Å²) < 4.78 is 4.55. The maximum absolute atomic E-state index is 12.1. The zero-order valence-electron chi connectivity index (χ0n) is 11.5. The molecule has 0 heterocycles. The fourth-order valence-electron chi connectivity index (χ4n) is 1.51. The van der Waals surface area contributed by atoms with Gasteiger partial charge in [0.25, 0.3) is 5.91 Å². The van der Waals surface area contributed by atoms with E-state index in [1.165, 1.54) is 7.11 Å². The number of carbonyl (C=O) groups is 2. The summed E-state index contributed by atoms with van der Waals surface area (Å²) in [5, 5.41) is 11.2.